The van der Waals surface area contributed by atoms with Crippen LogP contribution in [0.4, 0.5) is 0 Å². The average molecular weight is 580 g/mol. The maximum absolute atomic E-state index is 8.58. The molecule has 0 saturated heterocycles. The Balaban J connectivity index is 0.000000169. The van der Waals surface area contributed by atoms with Gasteiger partial charge in [0, 0.05) is 18.0 Å². The summed E-state index contributed by atoms with van der Waals surface area (Å²) in [5, 5.41) is 17.8. The fourth-order valence-corrected chi connectivity index (χ4v) is 3.89. The first-order chi connectivity index (χ1) is 18.4. The van der Waals surface area contributed by atoms with Crippen LogP contribution in [-0.4, -0.2) is 47.1 Å². The molecule has 0 fully saturated rings. The second-order valence-electron chi connectivity index (χ2n) is 7.52. The van der Waals surface area contributed by atoms with E-state index in [2.05, 4.69) is 29.9 Å². The zero-order valence-corrected chi connectivity index (χ0v) is 21.8. The van der Waals surface area contributed by atoms with Gasteiger partial charge < -0.3 is 10.0 Å². The number of nitrogens with zero attached hydrogens (tertiary/aromatic N) is 6. The summed E-state index contributed by atoms with van der Waals surface area (Å²) >= 11 is 17.3. The summed E-state index contributed by atoms with van der Waals surface area (Å²) in [4.78, 5) is 24.4. The molecular weight excluding hydrogens is 558 g/mol. The minimum absolute atomic E-state index is 0. The standard InChI is InChI=1S/C13H8ClN3.C7H3Cl2N3.C6H7BO2.CH4/c14-13-16-10-7-4-8-15-12(10)11(17-13)9-5-2-1-3-6-9;8-6-5-4(2-1-3-10-5)11-7(9)12-6;8-7(9)6-4-2-1-3-5-6;/h1-8H;1-3H;1-5,8-9H;1H4. The van der Waals surface area contributed by atoms with Crippen molar-refractivity contribution in [2.75, 3.05) is 0 Å². The smallest absolute Gasteiger partial charge is 0.423 e. The van der Waals surface area contributed by atoms with Gasteiger partial charge in [0.1, 0.15) is 16.7 Å². The second kappa shape index (κ2) is 14.4. The summed E-state index contributed by atoms with van der Waals surface area (Å²) in [6, 6.07) is 25.7. The van der Waals surface area contributed by atoms with Gasteiger partial charge in [-0.15, -0.1) is 0 Å². The number of fused-ring (bicyclic) bond motifs is 2. The van der Waals surface area contributed by atoms with Crippen molar-refractivity contribution in [1.29, 1.82) is 0 Å². The third-order valence-corrected chi connectivity index (χ3v) is 5.56. The Bertz CT molecular complexity index is 1650. The molecule has 0 bridgehead atoms. The van der Waals surface area contributed by atoms with Gasteiger partial charge in [-0.3, -0.25) is 9.97 Å². The van der Waals surface area contributed by atoms with Crippen molar-refractivity contribution in [2.24, 2.45) is 0 Å². The zero-order valence-electron chi connectivity index (χ0n) is 19.5. The molecule has 6 aromatic rings. The quantitative estimate of drug-likeness (QED) is 0.153. The molecule has 4 aromatic heterocycles. The van der Waals surface area contributed by atoms with Gasteiger partial charge in [0.05, 0.1) is 11.0 Å². The third-order valence-electron chi connectivity index (χ3n) is 4.96. The molecule has 4 heterocycles. The van der Waals surface area contributed by atoms with E-state index in [-0.39, 0.29) is 23.1 Å². The van der Waals surface area contributed by atoms with Crippen LogP contribution in [-0.2, 0) is 0 Å². The van der Waals surface area contributed by atoms with Crippen molar-refractivity contribution in [3.8, 4) is 11.3 Å². The monoisotopic (exact) mass is 578 g/mol. The Morgan fingerprint density at radius 1 is 0.564 bits per heavy atom. The largest absolute Gasteiger partial charge is 0.488 e. The molecule has 39 heavy (non-hydrogen) atoms. The highest BCUT2D eigenvalue weighted by Gasteiger charge is 2.09. The van der Waals surface area contributed by atoms with Gasteiger partial charge in [-0.25, -0.2) is 19.9 Å². The second-order valence-corrected chi connectivity index (χ2v) is 8.55. The lowest BCUT2D eigenvalue weighted by Gasteiger charge is -2.04. The molecule has 0 radical (unpaired) electrons. The molecule has 0 aliphatic rings. The van der Waals surface area contributed by atoms with Crippen LogP contribution in [0, 0.1) is 0 Å². The van der Waals surface area contributed by atoms with Crippen LogP contribution in [0.2, 0.25) is 15.7 Å². The van der Waals surface area contributed by atoms with Crippen molar-refractivity contribution in [3.05, 3.63) is 113 Å². The number of halogens is 3. The Labute approximate surface area is 240 Å². The van der Waals surface area contributed by atoms with Gasteiger partial charge in [-0.2, -0.15) is 0 Å². The topological polar surface area (TPSA) is 118 Å². The van der Waals surface area contributed by atoms with Crippen molar-refractivity contribution in [1.82, 2.24) is 29.9 Å². The van der Waals surface area contributed by atoms with E-state index in [9.17, 15) is 0 Å². The highest BCUT2D eigenvalue weighted by molar-refractivity contribution is 6.58. The highest BCUT2D eigenvalue weighted by atomic mass is 35.5. The zero-order chi connectivity index (χ0) is 26.9. The molecule has 0 spiro atoms. The number of hydrogen-bond acceptors (Lipinski definition) is 8. The van der Waals surface area contributed by atoms with Gasteiger partial charge >= 0.3 is 7.12 Å². The van der Waals surface area contributed by atoms with Crippen LogP contribution in [0.5, 0.6) is 0 Å². The van der Waals surface area contributed by atoms with Gasteiger partial charge in [0.25, 0.3) is 0 Å². The number of aromatic nitrogens is 6. The molecule has 2 aromatic carbocycles. The van der Waals surface area contributed by atoms with Gasteiger partial charge in [-0.05, 0) is 52.9 Å². The first-order valence-corrected chi connectivity index (χ1v) is 12.2. The summed E-state index contributed by atoms with van der Waals surface area (Å²) in [5.41, 5.74) is 5.03. The predicted octanol–water partition coefficient (Wildman–Crippen LogP) is 5.68. The number of rotatable bonds is 2. The van der Waals surface area contributed by atoms with E-state index >= 15 is 0 Å². The molecule has 0 unspecified atom stereocenters. The lowest BCUT2D eigenvalue weighted by molar-refractivity contribution is 0.426. The van der Waals surface area contributed by atoms with Crippen molar-refractivity contribution < 1.29 is 10.0 Å². The van der Waals surface area contributed by atoms with Crippen molar-refractivity contribution >= 4 is 69.5 Å². The van der Waals surface area contributed by atoms with E-state index in [4.69, 9.17) is 44.9 Å². The maximum Gasteiger partial charge on any atom is 0.488 e. The van der Waals surface area contributed by atoms with Crippen molar-refractivity contribution in [2.45, 2.75) is 7.43 Å². The van der Waals surface area contributed by atoms with Crippen LogP contribution < -0.4 is 5.46 Å². The summed E-state index contributed by atoms with van der Waals surface area (Å²) in [5.74, 6) is 0. The Kier molecular flexibility index (Phi) is 11.0. The summed E-state index contributed by atoms with van der Waals surface area (Å²) < 4.78 is 0. The highest BCUT2D eigenvalue weighted by Crippen LogP contribution is 2.25. The van der Waals surface area contributed by atoms with Gasteiger partial charge in [0.15, 0.2) is 5.15 Å². The van der Waals surface area contributed by atoms with E-state index in [1.807, 2.05) is 48.5 Å². The minimum atomic E-state index is -1.34. The molecule has 0 aliphatic heterocycles. The molecule has 0 aliphatic carbocycles. The van der Waals surface area contributed by atoms with Crippen LogP contribution in [0.25, 0.3) is 33.3 Å². The first kappa shape index (κ1) is 29.8. The SMILES string of the molecule is C.Clc1nc(-c2ccccc2)c2ncccc2n1.Clc1nc(Cl)c2ncccc2n1.OB(O)c1ccccc1. The number of benzene rings is 2. The lowest BCUT2D eigenvalue weighted by atomic mass is 9.81. The third kappa shape index (κ3) is 8.13. The Morgan fingerprint density at radius 3 is 1.64 bits per heavy atom. The van der Waals surface area contributed by atoms with E-state index in [0.29, 0.717) is 16.5 Å². The minimum Gasteiger partial charge on any atom is -0.423 e. The Morgan fingerprint density at radius 2 is 1.08 bits per heavy atom. The molecule has 8 nitrogen and oxygen atoms in total. The normalized spacial score (nSPS) is 9.97. The lowest BCUT2D eigenvalue weighted by Crippen LogP contribution is -2.29. The molecule has 196 valence electrons. The Hall–Kier alpha value is -3.73. The van der Waals surface area contributed by atoms with Gasteiger partial charge in [0.2, 0.25) is 10.6 Å². The van der Waals surface area contributed by atoms with E-state index in [1.54, 1.807) is 48.8 Å². The molecule has 0 atom stereocenters. The van der Waals surface area contributed by atoms with Crippen molar-refractivity contribution in [3.63, 3.8) is 0 Å². The number of hydrogen-bond donors (Lipinski definition) is 2. The molecule has 12 heteroatoms. The molecule has 2 N–H and O–H groups in total. The number of pyridine rings is 2. The fourth-order valence-electron chi connectivity index (χ4n) is 3.27. The summed E-state index contributed by atoms with van der Waals surface area (Å²) in [6.07, 6.45) is 3.36. The van der Waals surface area contributed by atoms with E-state index < -0.39 is 7.12 Å². The van der Waals surface area contributed by atoms with Crippen LogP contribution in [0.3, 0.4) is 0 Å². The average Bonchev–Trinajstić information content (AvgIpc) is 2.94. The molecule has 0 amide bonds. The fraction of sp³-hybridized carbons (Fsp3) is 0.0370. The predicted molar refractivity (Wildman–Crippen MR) is 158 cm³/mol. The van der Waals surface area contributed by atoms with E-state index in [0.717, 1.165) is 22.3 Å². The van der Waals surface area contributed by atoms with Crippen LogP contribution in [0.1, 0.15) is 7.43 Å². The molecule has 0 saturated carbocycles. The van der Waals surface area contributed by atoms with Crippen LogP contribution in [0.15, 0.2) is 97.3 Å². The maximum atomic E-state index is 8.58. The summed E-state index contributed by atoms with van der Waals surface area (Å²) in [7, 11) is -1.34. The van der Waals surface area contributed by atoms with Crippen LogP contribution >= 0.6 is 34.8 Å². The first-order valence-electron chi connectivity index (χ1n) is 11.1. The molecular formula is C27H22BCl3N6O2. The van der Waals surface area contributed by atoms with E-state index in [1.165, 1.54) is 0 Å². The molecule has 6 rings (SSSR count). The summed E-state index contributed by atoms with van der Waals surface area (Å²) in [6.45, 7) is 0. The van der Waals surface area contributed by atoms with Gasteiger partial charge in [-0.1, -0.05) is 79.7 Å².